The van der Waals surface area contributed by atoms with Gasteiger partial charge in [0.15, 0.2) is 5.82 Å². The van der Waals surface area contributed by atoms with Gasteiger partial charge in [-0.25, -0.2) is 9.97 Å². The van der Waals surface area contributed by atoms with E-state index in [4.69, 9.17) is 0 Å². The van der Waals surface area contributed by atoms with Crippen LogP contribution >= 0.6 is 0 Å². The van der Waals surface area contributed by atoms with Crippen molar-refractivity contribution in [2.75, 3.05) is 5.43 Å². The maximum atomic E-state index is 12.9. The van der Waals surface area contributed by atoms with Gasteiger partial charge < -0.3 is 0 Å². The SMILES string of the molecule is O=C(NNc1ncnc2ccccc12)c1ccc(CN2C(=O)[C@@H]3[C@@H](C2=O)[C@H]2C=C[C@H]3C2)cc1. The van der Waals surface area contributed by atoms with E-state index in [-0.39, 0.29) is 47.9 Å². The van der Waals surface area contributed by atoms with Crippen molar-refractivity contribution in [3.05, 3.63) is 78.1 Å². The number of imide groups is 1. The van der Waals surface area contributed by atoms with Gasteiger partial charge in [0.05, 0.1) is 23.9 Å². The Balaban J connectivity index is 1.11. The zero-order valence-electron chi connectivity index (χ0n) is 17.6. The second kappa shape index (κ2) is 7.51. The van der Waals surface area contributed by atoms with Crippen LogP contribution in [0.25, 0.3) is 10.9 Å². The summed E-state index contributed by atoms with van der Waals surface area (Å²) in [6, 6.07) is 14.4. The standard InChI is InChI=1S/C25H21N5O3/c31-23(29-28-22-18-3-1-2-4-19(18)26-13-27-22)15-7-5-14(6-8-15)12-30-24(32)20-16-9-10-17(11-16)21(20)25(30)33/h1-10,13,16-17,20-21H,11-12H2,(H,29,31)(H,26,27,28)/t16-,17-,20-,21-/m0/s1. The van der Waals surface area contributed by atoms with Gasteiger partial charge in [0.2, 0.25) is 11.8 Å². The van der Waals surface area contributed by atoms with E-state index >= 15 is 0 Å². The number of nitrogens with one attached hydrogen (secondary N) is 2. The molecule has 3 aliphatic rings. The number of nitrogens with zero attached hydrogens (tertiary/aromatic N) is 3. The van der Waals surface area contributed by atoms with Gasteiger partial charge in [-0.1, -0.05) is 36.4 Å². The van der Waals surface area contributed by atoms with E-state index in [1.165, 1.54) is 11.2 Å². The van der Waals surface area contributed by atoms with E-state index < -0.39 is 0 Å². The first-order valence-electron chi connectivity index (χ1n) is 11.0. The molecule has 1 saturated heterocycles. The summed E-state index contributed by atoms with van der Waals surface area (Å²) in [4.78, 5) is 48.1. The number of anilines is 1. The number of rotatable bonds is 5. The molecule has 4 atom stereocenters. The average Bonchev–Trinajstić information content (AvgIpc) is 3.53. The molecule has 1 saturated carbocycles. The van der Waals surface area contributed by atoms with Gasteiger partial charge in [-0.2, -0.15) is 0 Å². The quantitative estimate of drug-likeness (QED) is 0.360. The third-order valence-electron chi connectivity index (χ3n) is 6.96. The normalized spacial score (nSPS) is 25.0. The van der Waals surface area contributed by atoms with E-state index in [1.54, 1.807) is 24.3 Å². The molecule has 2 aliphatic carbocycles. The number of aromatic nitrogens is 2. The van der Waals surface area contributed by atoms with Crippen molar-refractivity contribution in [2.45, 2.75) is 13.0 Å². The molecule has 3 amide bonds. The summed E-state index contributed by atoms with van der Waals surface area (Å²) in [5.41, 5.74) is 7.53. The lowest BCUT2D eigenvalue weighted by atomic mass is 9.85. The monoisotopic (exact) mass is 439 g/mol. The molecule has 0 spiro atoms. The Morgan fingerprint density at radius 3 is 2.36 bits per heavy atom. The Morgan fingerprint density at radius 2 is 1.64 bits per heavy atom. The maximum Gasteiger partial charge on any atom is 0.269 e. The first kappa shape index (κ1) is 19.6. The number of hydrogen-bond acceptors (Lipinski definition) is 6. The smallest absolute Gasteiger partial charge is 0.269 e. The first-order chi connectivity index (χ1) is 16.1. The molecule has 1 aromatic heterocycles. The molecule has 33 heavy (non-hydrogen) atoms. The number of carbonyl (C=O) groups is 3. The lowest BCUT2D eigenvalue weighted by Gasteiger charge is -2.17. The molecule has 0 unspecified atom stereocenters. The van der Waals surface area contributed by atoms with E-state index in [1.807, 2.05) is 24.3 Å². The van der Waals surface area contributed by atoms with E-state index in [2.05, 4.69) is 33.0 Å². The van der Waals surface area contributed by atoms with Crippen LogP contribution < -0.4 is 10.9 Å². The second-order valence-electron chi connectivity index (χ2n) is 8.78. The van der Waals surface area contributed by atoms with Gasteiger partial charge in [0, 0.05) is 10.9 Å². The van der Waals surface area contributed by atoms with Gasteiger partial charge in [0.25, 0.3) is 5.91 Å². The van der Waals surface area contributed by atoms with Crippen molar-refractivity contribution in [3.63, 3.8) is 0 Å². The Bertz CT molecular complexity index is 1280. The zero-order valence-corrected chi connectivity index (χ0v) is 17.6. The number of hydrazine groups is 1. The van der Waals surface area contributed by atoms with Crippen LogP contribution in [-0.4, -0.2) is 32.6 Å². The molecule has 2 aromatic carbocycles. The highest BCUT2D eigenvalue weighted by molar-refractivity contribution is 6.06. The van der Waals surface area contributed by atoms with Crippen molar-refractivity contribution in [2.24, 2.45) is 23.7 Å². The molecular formula is C25H21N5O3. The first-order valence-corrected chi connectivity index (χ1v) is 11.0. The summed E-state index contributed by atoms with van der Waals surface area (Å²) >= 11 is 0. The zero-order chi connectivity index (χ0) is 22.5. The summed E-state index contributed by atoms with van der Waals surface area (Å²) in [6.45, 7) is 0.233. The van der Waals surface area contributed by atoms with Crippen molar-refractivity contribution in [3.8, 4) is 0 Å². The molecule has 0 radical (unpaired) electrons. The Labute approximate surface area is 189 Å². The van der Waals surface area contributed by atoms with Crippen LogP contribution in [0.1, 0.15) is 22.3 Å². The number of likely N-dealkylation sites (tertiary alicyclic amines) is 1. The number of para-hydroxylation sites is 1. The fourth-order valence-corrected chi connectivity index (χ4v) is 5.36. The number of fused-ring (bicyclic) bond motifs is 6. The number of carbonyl (C=O) groups excluding carboxylic acids is 3. The van der Waals surface area contributed by atoms with Crippen LogP contribution in [0.2, 0.25) is 0 Å². The molecule has 8 nitrogen and oxygen atoms in total. The van der Waals surface area contributed by atoms with Gasteiger partial charge in [-0.05, 0) is 48.1 Å². The van der Waals surface area contributed by atoms with E-state index in [9.17, 15) is 14.4 Å². The molecular weight excluding hydrogens is 418 g/mol. The minimum Gasteiger partial charge on any atom is -0.281 e. The number of hydrogen-bond donors (Lipinski definition) is 2. The number of benzene rings is 2. The Morgan fingerprint density at radius 1 is 0.939 bits per heavy atom. The van der Waals surface area contributed by atoms with E-state index in [0.29, 0.717) is 11.4 Å². The predicted octanol–water partition coefficient (Wildman–Crippen LogP) is 2.69. The Hall–Kier alpha value is -4.07. The molecule has 164 valence electrons. The van der Waals surface area contributed by atoms with Crippen LogP contribution in [0, 0.1) is 23.7 Å². The van der Waals surface area contributed by atoms with Gasteiger partial charge in [0.1, 0.15) is 6.33 Å². The van der Waals surface area contributed by atoms with Crippen LogP contribution in [0.3, 0.4) is 0 Å². The van der Waals surface area contributed by atoms with Crippen LogP contribution in [0.15, 0.2) is 67.0 Å². The molecule has 8 heteroatoms. The van der Waals surface area contributed by atoms with Gasteiger partial charge in [-0.3, -0.25) is 30.1 Å². The average molecular weight is 439 g/mol. The van der Waals surface area contributed by atoms with Crippen molar-refractivity contribution >= 4 is 34.4 Å². The molecule has 2 fully saturated rings. The molecule has 2 N–H and O–H groups in total. The summed E-state index contributed by atoms with van der Waals surface area (Å²) < 4.78 is 0. The second-order valence-corrected chi connectivity index (χ2v) is 8.78. The lowest BCUT2D eigenvalue weighted by molar-refractivity contribution is -0.141. The highest BCUT2D eigenvalue weighted by Gasteiger charge is 2.59. The highest BCUT2D eigenvalue weighted by Crippen LogP contribution is 2.52. The minimum absolute atomic E-state index is 0.0649. The van der Waals surface area contributed by atoms with Crippen molar-refractivity contribution in [1.29, 1.82) is 0 Å². The molecule has 2 bridgehead atoms. The fourth-order valence-electron chi connectivity index (χ4n) is 5.36. The highest BCUT2D eigenvalue weighted by atomic mass is 16.2. The minimum atomic E-state index is -0.324. The van der Waals surface area contributed by atoms with Crippen molar-refractivity contribution in [1.82, 2.24) is 20.3 Å². The molecule has 6 rings (SSSR count). The fraction of sp³-hybridized carbons (Fsp3) is 0.240. The van der Waals surface area contributed by atoms with Gasteiger partial charge >= 0.3 is 0 Å². The maximum absolute atomic E-state index is 12.9. The summed E-state index contributed by atoms with van der Waals surface area (Å²) in [5.74, 6) is 0.0670. The molecule has 2 heterocycles. The largest absolute Gasteiger partial charge is 0.281 e. The molecule has 3 aromatic rings. The van der Waals surface area contributed by atoms with Crippen LogP contribution in [-0.2, 0) is 16.1 Å². The predicted molar refractivity (Wildman–Crippen MR) is 120 cm³/mol. The summed E-state index contributed by atoms with van der Waals surface area (Å²) in [6.07, 6.45) is 6.53. The van der Waals surface area contributed by atoms with Gasteiger partial charge in [-0.15, -0.1) is 0 Å². The number of allylic oxidation sites excluding steroid dienone is 2. The topological polar surface area (TPSA) is 104 Å². The Kier molecular flexibility index (Phi) is 4.46. The summed E-state index contributed by atoms with van der Waals surface area (Å²) in [5, 5.41) is 0.795. The van der Waals surface area contributed by atoms with Crippen molar-refractivity contribution < 1.29 is 14.4 Å². The van der Waals surface area contributed by atoms with E-state index in [0.717, 1.165) is 22.9 Å². The molecule has 1 aliphatic heterocycles. The summed E-state index contributed by atoms with van der Waals surface area (Å²) in [7, 11) is 0. The number of amides is 3. The third kappa shape index (κ3) is 3.17. The third-order valence-corrected chi connectivity index (χ3v) is 6.96. The van der Waals surface area contributed by atoms with Crippen LogP contribution in [0.4, 0.5) is 5.82 Å². The van der Waals surface area contributed by atoms with Crippen LogP contribution in [0.5, 0.6) is 0 Å². The lowest BCUT2D eigenvalue weighted by Crippen LogP contribution is -2.32.